The molecule has 0 saturated carbocycles. The first-order chi connectivity index (χ1) is 7.79. The predicted octanol–water partition coefficient (Wildman–Crippen LogP) is 2.95. The molecule has 0 aliphatic heterocycles. The number of thiazole rings is 1. The first-order valence-corrected chi connectivity index (χ1v) is 6.35. The molecule has 1 atom stereocenters. The topological polar surface area (TPSA) is 24.9 Å². The minimum Gasteiger partial charge on any atom is -0.311 e. The lowest BCUT2D eigenvalue weighted by atomic mass is 10.0. The third kappa shape index (κ3) is 2.68. The fourth-order valence-corrected chi connectivity index (χ4v) is 2.43. The number of nitrogens with zero attached hydrogens (tertiary/aromatic N) is 1. The maximum atomic E-state index is 4.36. The number of likely N-dealkylation sites (N-methyl/N-ethyl adjacent to an activating group) is 1. The second-order valence-corrected chi connectivity index (χ2v) is 4.67. The van der Waals surface area contributed by atoms with E-state index in [9.17, 15) is 0 Å². The summed E-state index contributed by atoms with van der Waals surface area (Å²) in [7, 11) is 1.99. The standard InChI is InChI=1S/C13H16N2S/c1-10-4-3-5-11(6-10)7-12(14-2)13-8-16-9-15-13/h3-6,8-9,12,14H,7H2,1-2H3. The van der Waals surface area contributed by atoms with Gasteiger partial charge in [-0.05, 0) is 26.0 Å². The molecule has 0 aliphatic rings. The van der Waals surface area contributed by atoms with E-state index in [0.29, 0.717) is 6.04 Å². The molecule has 1 aromatic heterocycles. The van der Waals surface area contributed by atoms with Gasteiger partial charge >= 0.3 is 0 Å². The Balaban J connectivity index is 2.13. The SMILES string of the molecule is CNC(Cc1cccc(C)c1)c1cscn1. The van der Waals surface area contributed by atoms with Gasteiger partial charge in [0.1, 0.15) is 0 Å². The Morgan fingerprint density at radius 2 is 2.31 bits per heavy atom. The fraction of sp³-hybridized carbons (Fsp3) is 0.308. The molecule has 2 nitrogen and oxygen atoms in total. The number of hydrogen-bond donors (Lipinski definition) is 1. The molecule has 2 rings (SSSR count). The fourth-order valence-electron chi connectivity index (χ4n) is 1.82. The Bertz CT molecular complexity index is 437. The molecule has 0 saturated heterocycles. The lowest BCUT2D eigenvalue weighted by molar-refractivity contribution is 0.579. The Kier molecular flexibility index (Phi) is 3.70. The van der Waals surface area contributed by atoms with Gasteiger partial charge in [-0.15, -0.1) is 11.3 Å². The van der Waals surface area contributed by atoms with Crippen LogP contribution in [0, 0.1) is 6.92 Å². The van der Waals surface area contributed by atoms with Crippen molar-refractivity contribution in [3.63, 3.8) is 0 Å². The number of hydrogen-bond acceptors (Lipinski definition) is 3. The van der Waals surface area contributed by atoms with E-state index in [0.717, 1.165) is 12.1 Å². The molecule has 84 valence electrons. The zero-order valence-corrected chi connectivity index (χ0v) is 10.4. The zero-order chi connectivity index (χ0) is 11.4. The van der Waals surface area contributed by atoms with Gasteiger partial charge in [0.2, 0.25) is 0 Å². The molecule has 2 aromatic rings. The molecule has 0 spiro atoms. The summed E-state index contributed by atoms with van der Waals surface area (Å²) in [4.78, 5) is 4.36. The molecule has 1 aromatic carbocycles. The van der Waals surface area contributed by atoms with Crippen molar-refractivity contribution in [1.29, 1.82) is 0 Å². The van der Waals surface area contributed by atoms with Crippen LogP contribution in [0.1, 0.15) is 22.9 Å². The highest BCUT2D eigenvalue weighted by molar-refractivity contribution is 7.07. The molecule has 1 unspecified atom stereocenters. The Morgan fingerprint density at radius 3 is 2.94 bits per heavy atom. The second-order valence-electron chi connectivity index (χ2n) is 3.95. The summed E-state index contributed by atoms with van der Waals surface area (Å²) in [6.45, 7) is 2.13. The molecule has 3 heteroatoms. The highest BCUT2D eigenvalue weighted by Crippen LogP contribution is 2.18. The summed E-state index contributed by atoms with van der Waals surface area (Å²) in [5.41, 5.74) is 5.68. The van der Waals surface area contributed by atoms with Gasteiger partial charge in [0.25, 0.3) is 0 Å². The van der Waals surface area contributed by atoms with Crippen LogP contribution in [-0.4, -0.2) is 12.0 Å². The van der Waals surface area contributed by atoms with E-state index in [1.807, 2.05) is 12.6 Å². The lowest BCUT2D eigenvalue weighted by Crippen LogP contribution is -2.19. The molecular weight excluding hydrogens is 216 g/mol. The summed E-state index contributed by atoms with van der Waals surface area (Å²) >= 11 is 1.65. The van der Waals surface area contributed by atoms with E-state index >= 15 is 0 Å². The highest BCUT2D eigenvalue weighted by Gasteiger charge is 2.11. The van der Waals surface area contributed by atoms with Crippen molar-refractivity contribution in [3.05, 3.63) is 52.0 Å². The number of nitrogens with one attached hydrogen (secondary N) is 1. The molecule has 0 amide bonds. The first-order valence-electron chi connectivity index (χ1n) is 5.40. The van der Waals surface area contributed by atoms with Gasteiger partial charge in [0.05, 0.1) is 17.2 Å². The van der Waals surface area contributed by atoms with Crippen LogP contribution in [0.3, 0.4) is 0 Å². The highest BCUT2D eigenvalue weighted by atomic mass is 32.1. The molecule has 0 aliphatic carbocycles. The summed E-state index contributed by atoms with van der Waals surface area (Å²) < 4.78 is 0. The van der Waals surface area contributed by atoms with Crippen LogP contribution >= 0.6 is 11.3 Å². The van der Waals surface area contributed by atoms with Crippen LogP contribution in [-0.2, 0) is 6.42 Å². The average Bonchev–Trinajstić information content (AvgIpc) is 2.79. The van der Waals surface area contributed by atoms with Gasteiger partial charge in [0, 0.05) is 5.38 Å². The minimum absolute atomic E-state index is 0.313. The number of benzene rings is 1. The maximum absolute atomic E-state index is 4.36. The van der Waals surface area contributed by atoms with Crippen LogP contribution in [0.4, 0.5) is 0 Å². The van der Waals surface area contributed by atoms with E-state index in [2.05, 4.69) is 46.9 Å². The van der Waals surface area contributed by atoms with Gasteiger partial charge in [0.15, 0.2) is 0 Å². The molecule has 16 heavy (non-hydrogen) atoms. The summed E-state index contributed by atoms with van der Waals surface area (Å²) in [6, 6.07) is 8.95. The number of aryl methyl sites for hydroxylation is 1. The third-order valence-corrected chi connectivity index (χ3v) is 3.28. The van der Waals surface area contributed by atoms with Gasteiger partial charge in [-0.3, -0.25) is 0 Å². The molecule has 0 bridgehead atoms. The second kappa shape index (κ2) is 5.23. The summed E-state index contributed by atoms with van der Waals surface area (Å²) in [6.07, 6.45) is 0.988. The van der Waals surface area contributed by atoms with Crippen LogP contribution in [0.15, 0.2) is 35.2 Å². The van der Waals surface area contributed by atoms with E-state index < -0.39 is 0 Å². The monoisotopic (exact) mass is 232 g/mol. The van der Waals surface area contributed by atoms with Crippen molar-refractivity contribution >= 4 is 11.3 Å². The Labute approximate surface area is 100 Å². The Morgan fingerprint density at radius 1 is 1.44 bits per heavy atom. The third-order valence-electron chi connectivity index (χ3n) is 2.68. The minimum atomic E-state index is 0.313. The van der Waals surface area contributed by atoms with Crippen LogP contribution in [0.25, 0.3) is 0 Å². The molecule has 0 fully saturated rings. The van der Waals surface area contributed by atoms with E-state index in [4.69, 9.17) is 0 Å². The normalized spacial score (nSPS) is 12.6. The summed E-state index contributed by atoms with van der Waals surface area (Å²) in [5, 5.41) is 5.42. The molecular formula is C13H16N2S. The van der Waals surface area contributed by atoms with E-state index in [1.165, 1.54) is 11.1 Å². The lowest BCUT2D eigenvalue weighted by Gasteiger charge is -2.14. The number of aromatic nitrogens is 1. The van der Waals surface area contributed by atoms with Crippen molar-refractivity contribution in [2.45, 2.75) is 19.4 Å². The quantitative estimate of drug-likeness (QED) is 0.876. The molecule has 0 radical (unpaired) electrons. The predicted molar refractivity (Wildman–Crippen MR) is 68.8 cm³/mol. The van der Waals surface area contributed by atoms with Crippen molar-refractivity contribution in [2.24, 2.45) is 0 Å². The van der Waals surface area contributed by atoms with Crippen molar-refractivity contribution in [2.75, 3.05) is 7.05 Å². The largest absolute Gasteiger partial charge is 0.311 e. The number of rotatable bonds is 4. The average molecular weight is 232 g/mol. The van der Waals surface area contributed by atoms with Crippen molar-refractivity contribution in [3.8, 4) is 0 Å². The maximum Gasteiger partial charge on any atom is 0.0795 e. The smallest absolute Gasteiger partial charge is 0.0795 e. The molecule has 1 heterocycles. The van der Waals surface area contributed by atoms with Gasteiger partial charge < -0.3 is 5.32 Å². The summed E-state index contributed by atoms with van der Waals surface area (Å²) in [5.74, 6) is 0. The van der Waals surface area contributed by atoms with Crippen LogP contribution < -0.4 is 5.32 Å². The van der Waals surface area contributed by atoms with Crippen molar-refractivity contribution in [1.82, 2.24) is 10.3 Å². The van der Waals surface area contributed by atoms with Crippen molar-refractivity contribution < 1.29 is 0 Å². The molecule has 1 N–H and O–H groups in total. The van der Waals surface area contributed by atoms with Gasteiger partial charge in [-0.2, -0.15) is 0 Å². The van der Waals surface area contributed by atoms with Crippen LogP contribution in [0.2, 0.25) is 0 Å². The van der Waals surface area contributed by atoms with Crippen LogP contribution in [0.5, 0.6) is 0 Å². The first kappa shape index (κ1) is 11.3. The van der Waals surface area contributed by atoms with E-state index in [-0.39, 0.29) is 0 Å². The van der Waals surface area contributed by atoms with E-state index in [1.54, 1.807) is 11.3 Å². The zero-order valence-electron chi connectivity index (χ0n) is 9.60. The Hall–Kier alpha value is -1.19. The van der Waals surface area contributed by atoms with Gasteiger partial charge in [-0.25, -0.2) is 4.98 Å². The van der Waals surface area contributed by atoms with Gasteiger partial charge in [-0.1, -0.05) is 29.8 Å².